The second-order valence-electron chi connectivity index (χ2n) is 4.63. The number of nitrogens with one attached hydrogen (secondary N) is 2. The quantitative estimate of drug-likeness (QED) is 0.903. The second kappa shape index (κ2) is 5.02. The van der Waals surface area contributed by atoms with Crippen LogP contribution in [0.1, 0.15) is 17.2 Å². The first kappa shape index (κ1) is 12.7. The van der Waals surface area contributed by atoms with Crippen molar-refractivity contribution in [2.24, 2.45) is 0 Å². The molecule has 102 valence electrons. The summed E-state index contributed by atoms with van der Waals surface area (Å²) >= 11 is 0. The number of rotatable bonds is 3. The molecule has 2 aromatic carbocycles. The summed E-state index contributed by atoms with van der Waals surface area (Å²) in [7, 11) is 0. The Balaban J connectivity index is 1.80. The Bertz CT molecular complexity index is 673. The van der Waals surface area contributed by atoms with Crippen LogP contribution in [0.15, 0.2) is 42.5 Å². The molecule has 20 heavy (non-hydrogen) atoms. The van der Waals surface area contributed by atoms with Crippen LogP contribution in [-0.4, -0.2) is 5.91 Å². The molecule has 0 saturated heterocycles. The summed E-state index contributed by atoms with van der Waals surface area (Å²) in [5.74, 6) is -1.00. The molecule has 3 nitrogen and oxygen atoms in total. The van der Waals surface area contributed by atoms with Crippen LogP contribution in [0.2, 0.25) is 0 Å². The van der Waals surface area contributed by atoms with Crippen molar-refractivity contribution in [2.45, 2.75) is 12.6 Å². The van der Waals surface area contributed by atoms with E-state index in [1.54, 1.807) is 18.2 Å². The Labute approximate surface area is 114 Å². The van der Waals surface area contributed by atoms with Gasteiger partial charge in [0.1, 0.15) is 17.7 Å². The van der Waals surface area contributed by atoms with Gasteiger partial charge in [0.05, 0.1) is 0 Å². The lowest BCUT2D eigenvalue weighted by Gasteiger charge is -2.12. The number of carbonyl (C=O) groups excluding carboxylic acids is 1. The molecular weight excluding hydrogens is 262 g/mol. The Morgan fingerprint density at radius 1 is 1.15 bits per heavy atom. The zero-order chi connectivity index (χ0) is 14.1. The molecule has 1 heterocycles. The summed E-state index contributed by atoms with van der Waals surface area (Å²) < 4.78 is 26.8. The molecule has 2 aromatic rings. The average Bonchev–Trinajstić information content (AvgIpc) is 2.73. The highest BCUT2D eigenvalue weighted by Gasteiger charge is 2.30. The van der Waals surface area contributed by atoms with E-state index in [0.717, 1.165) is 0 Å². The van der Waals surface area contributed by atoms with Gasteiger partial charge in [0, 0.05) is 23.4 Å². The topological polar surface area (TPSA) is 41.1 Å². The fourth-order valence-corrected chi connectivity index (χ4v) is 2.29. The lowest BCUT2D eigenvalue weighted by molar-refractivity contribution is -0.117. The van der Waals surface area contributed by atoms with Gasteiger partial charge >= 0.3 is 0 Å². The summed E-state index contributed by atoms with van der Waals surface area (Å²) in [5, 5.41) is 5.62. The minimum Gasteiger partial charge on any atom is -0.324 e. The maximum absolute atomic E-state index is 13.5. The van der Waals surface area contributed by atoms with Crippen molar-refractivity contribution in [3.8, 4) is 0 Å². The molecule has 0 fully saturated rings. The molecule has 1 amide bonds. The molecule has 0 bridgehead atoms. The highest BCUT2D eigenvalue weighted by atomic mass is 19.1. The van der Waals surface area contributed by atoms with Gasteiger partial charge in [-0.2, -0.15) is 0 Å². The molecule has 0 saturated carbocycles. The number of anilines is 1. The predicted molar refractivity (Wildman–Crippen MR) is 71.0 cm³/mol. The van der Waals surface area contributed by atoms with Gasteiger partial charge in [0.25, 0.3) is 0 Å². The first-order valence-electron chi connectivity index (χ1n) is 6.22. The number of fused-ring (bicyclic) bond motifs is 1. The molecular formula is C15H12F2N2O. The number of hydrogen-bond acceptors (Lipinski definition) is 2. The van der Waals surface area contributed by atoms with Crippen LogP contribution in [0, 0.1) is 11.6 Å². The number of benzene rings is 2. The minimum atomic E-state index is -0.666. The molecule has 0 radical (unpaired) electrons. The fraction of sp³-hybridized carbons (Fsp3) is 0.133. The summed E-state index contributed by atoms with van der Waals surface area (Å²) in [6, 6.07) is 9.79. The lowest BCUT2D eigenvalue weighted by Crippen LogP contribution is -2.27. The largest absolute Gasteiger partial charge is 0.324 e. The zero-order valence-electron chi connectivity index (χ0n) is 10.5. The van der Waals surface area contributed by atoms with Gasteiger partial charge in [-0.25, -0.2) is 8.78 Å². The zero-order valence-corrected chi connectivity index (χ0v) is 10.5. The minimum absolute atomic E-state index is 0.195. The first-order valence-corrected chi connectivity index (χ1v) is 6.22. The van der Waals surface area contributed by atoms with Gasteiger partial charge in [0.2, 0.25) is 5.91 Å². The second-order valence-corrected chi connectivity index (χ2v) is 4.63. The Morgan fingerprint density at radius 2 is 1.95 bits per heavy atom. The Hall–Kier alpha value is -2.27. The Kier molecular flexibility index (Phi) is 3.20. The van der Waals surface area contributed by atoms with Gasteiger partial charge in [-0.3, -0.25) is 10.1 Å². The molecule has 1 unspecified atom stereocenters. The molecule has 1 aliphatic rings. The third-order valence-corrected chi connectivity index (χ3v) is 3.30. The number of amides is 1. The van der Waals surface area contributed by atoms with E-state index < -0.39 is 11.9 Å². The van der Waals surface area contributed by atoms with Crippen molar-refractivity contribution in [2.75, 3.05) is 5.32 Å². The van der Waals surface area contributed by atoms with Crippen LogP contribution >= 0.6 is 0 Å². The molecule has 0 aromatic heterocycles. The molecule has 0 spiro atoms. The predicted octanol–water partition coefficient (Wildman–Crippen LogP) is 2.75. The Morgan fingerprint density at radius 3 is 2.75 bits per heavy atom. The van der Waals surface area contributed by atoms with Crippen molar-refractivity contribution in [3.63, 3.8) is 0 Å². The molecule has 3 rings (SSSR count). The number of carbonyl (C=O) groups is 1. The van der Waals surface area contributed by atoms with Gasteiger partial charge < -0.3 is 5.32 Å². The van der Waals surface area contributed by atoms with Crippen LogP contribution in [0.3, 0.4) is 0 Å². The van der Waals surface area contributed by atoms with E-state index >= 15 is 0 Å². The normalized spacial score (nSPS) is 16.9. The molecule has 2 N–H and O–H groups in total. The van der Waals surface area contributed by atoms with E-state index in [9.17, 15) is 13.6 Å². The molecule has 5 heteroatoms. The third-order valence-electron chi connectivity index (χ3n) is 3.30. The first-order chi connectivity index (χ1) is 9.65. The van der Waals surface area contributed by atoms with E-state index in [0.29, 0.717) is 16.8 Å². The molecule has 0 aliphatic carbocycles. The van der Waals surface area contributed by atoms with Crippen molar-refractivity contribution in [1.82, 2.24) is 5.32 Å². The number of halogens is 2. The van der Waals surface area contributed by atoms with Crippen molar-refractivity contribution in [3.05, 3.63) is 65.2 Å². The lowest BCUT2D eigenvalue weighted by atomic mass is 10.1. The van der Waals surface area contributed by atoms with Crippen LogP contribution in [-0.2, 0) is 11.3 Å². The smallest absolute Gasteiger partial charge is 0.246 e. The van der Waals surface area contributed by atoms with E-state index in [4.69, 9.17) is 0 Å². The van der Waals surface area contributed by atoms with Gasteiger partial charge in [0.15, 0.2) is 0 Å². The number of hydrogen-bond donors (Lipinski definition) is 2. The van der Waals surface area contributed by atoms with Crippen molar-refractivity contribution >= 4 is 11.6 Å². The van der Waals surface area contributed by atoms with E-state index in [1.807, 2.05) is 0 Å². The van der Waals surface area contributed by atoms with Crippen LogP contribution in [0.25, 0.3) is 0 Å². The average molecular weight is 274 g/mol. The van der Waals surface area contributed by atoms with Gasteiger partial charge in [-0.05, 0) is 24.3 Å². The SMILES string of the molecule is O=C1Nc2ccc(F)cc2C1NCc1ccccc1F. The highest BCUT2D eigenvalue weighted by Crippen LogP contribution is 2.31. The van der Waals surface area contributed by atoms with E-state index in [2.05, 4.69) is 10.6 Å². The van der Waals surface area contributed by atoms with Crippen LogP contribution < -0.4 is 10.6 Å². The third kappa shape index (κ3) is 2.28. The van der Waals surface area contributed by atoms with E-state index in [1.165, 1.54) is 24.3 Å². The standard InChI is InChI=1S/C15H12F2N2O/c16-10-5-6-13-11(7-10)14(15(20)19-13)18-8-9-3-1-2-4-12(9)17/h1-7,14,18H,8H2,(H,19,20). The van der Waals surface area contributed by atoms with Crippen LogP contribution in [0.5, 0.6) is 0 Å². The fourth-order valence-electron chi connectivity index (χ4n) is 2.29. The monoisotopic (exact) mass is 274 g/mol. The summed E-state index contributed by atoms with van der Waals surface area (Å²) in [6.07, 6.45) is 0. The highest BCUT2D eigenvalue weighted by molar-refractivity contribution is 6.02. The maximum Gasteiger partial charge on any atom is 0.246 e. The van der Waals surface area contributed by atoms with Gasteiger partial charge in [-0.15, -0.1) is 0 Å². The summed E-state index contributed by atoms with van der Waals surface area (Å²) in [5.41, 5.74) is 1.60. The van der Waals surface area contributed by atoms with Crippen molar-refractivity contribution in [1.29, 1.82) is 0 Å². The van der Waals surface area contributed by atoms with Gasteiger partial charge in [-0.1, -0.05) is 18.2 Å². The van der Waals surface area contributed by atoms with Crippen LogP contribution in [0.4, 0.5) is 14.5 Å². The van der Waals surface area contributed by atoms with Crippen molar-refractivity contribution < 1.29 is 13.6 Å². The molecule has 1 aliphatic heterocycles. The maximum atomic E-state index is 13.5. The summed E-state index contributed by atoms with van der Waals surface area (Å²) in [4.78, 5) is 11.9. The summed E-state index contributed by atoms with van der Waals surface area (Å²) in [6.45, 7) is 0.195. The molecule has 1 atom stereocenters. The van der Waals surface area contributed by atoms with E-state index in [-0.39, 0.29) is 18.3 Å².